The minimum Gasteiger partial charge on any atom is -0.369 e. The molecular formula is C15H23N3O2S. The lowest BCUT2D eigenvalue weighted by atomic mass is 9.93. The maximum absolute atomic E-state index is 12.7. The number of rotatable bonds is 2. The second-order valence-corrected chi connectivity index (χ2v) is 7.79. The lowest BCUT2D eigenvalue weighted by Crippen LogP contribution is -2.48. The van der Waals surface area contributed by atoms with Gasteiger partial charge in [0.1, 0.15) is 4.88 Å². The molecule has 1 saturated heterocycles. The van der Waals surface area contributed by atoms with Crippen molar-refractivity contribution in [3.8, 4) is 0 Å². The first-order chi connectivity index (χ1) is 9.70. The van der Waals surface area contributed by atoms with Crippen molar-refractivity contribution in [1.82, 2.24) is 9.88 Å². The molecule has 0 bridgehead atoms. The normalized spacial score (nSPS) is 23.1. The number of hydrogen-bond donors (Lipinski definition) is 1. The van der Waals surface area contributed by atoms with Gasteiger partial charge in [0.15, 0.2) is 0 Å². The molecule has 6 heteroatoms. The fourth-order valence-electron chi connectivity index (χ4n) is 2.48. The Hall–Kier alpha value is -1.43. The Labute approximate surface area is 129 Å². The Bertz CT molecular complexity index is 547. The molecule has 0 unspecified atom stereocenters. The highest BCUT2D eigenvalue weighted by molar-refractivity contribution is 7.13. The zero-order valence-corrected chi connectivity index (χ0v) is 13.9. The van der Waals surface area contributed by atoms with Crippen molar-refractivity contribution in [2.75, 3.05) is 6.54 Å². The Morgan fingerprint density at radius 1 is 1.38 bits per heavy atom. The highest BCUT2D eigenvalue weighted by Crippen LogP contribution is 2.29. The molecule has 2 atom stereocenters. The van der Waals surface area contributed by atoms with Crippen molar-refractivity contribution >= 4 is 23.2 Å². The third kappa shape index (κ3) is 3.43. The van der Waals surface area contributed by atoms with Crippen molar-refractivity contribution < 1.29 is 9.59 Å². The molecule has 0 aliphatic carbocycles. The zero-order chi connectivity index (χ0) is 15.8. The van der Waals surface area contributed by atoms with E-state index in [2.05, 4.69) is 25.8 Å². The largest absolute Gasteiger partial charge is 0.369 e. The van der Waals surface area contributed by atoms with Gasteiger partial charge in [-0.15, -0.1) is 11.3 Å². The highest BCUT2D eigenvalue weighted by Gasteiger charge is 2.33. The maximum Gasteiger partial charge on any atom is 0.265 e. The molecular weight excluding hydrogens is 286 g/mol. The van der Waals surface area contributed by atoms with Crippen LogP contribution in [0.15, 0.2) is 6.20 Å². The molecule has 1 aromatic heterocycles. The van der Waals surface area contributed by atoms with Crippen LogP contribution in [-0.4, -0.2) is 34.3 Å². The monoisotopic (exact) mass is 309 g/mol. The van der Waals surface area contributed by atoms with Crippen LogP contribution >= 0.6 is 11.3 Å². The number of amides is 2. The molecule has 1 aliphatic rings. The third-order valence-electron chi connectivity index (χ3n) is 3.90. The number of piperidine rings is 1. The van der Waals surface area contributed by atoms with Crippen molar-refractivity contribution in [3.63, 3.8) is 0 Å². The van der Waals surface area contributed by atoms with Crippen LogP contribution in [0.5, 0.6) is 0 Å². The standard InChI is InChI=1S/C15H23N3O2S/c1-9-5-6-10(12(16)19)8-18(9)13(20)11-7-17-14(21-11)15(2,3)4/h7,9-10H,5-6,8H2,1-4H3,(H2,16,19)/t9-,10-/m0/s1. The Morgan fingerprint density at radius 3 is 2.57 bits per heavy atom. The molecule has 21 heavy (non-hydrogen) atoms. The number of hydrogen-bond acceptors (Lipinski definition) is 4. The van der Waals surface area contributed by atoms with E-state index >= 15 is 0 Å². The summed E-state index contributed by atoms with van der Waals surface area (Å²) in [7, 11) is 0. The first-order valence-electron chi connectivity index (χ1n) is 7.26. The predicted octanol–water partition coefficient (Wildman–Crippen LogP) is 2.17. The van der Waals surface area contributed by atoms with E-state index in [0.717, 1.165) is 17.8 Å². The Morgan fingerprint density at radius 2 is 2.05 bits per heavy atom. The number of nitrogens with two attached hydrogens (primary N) is 1. The second-order valence-electron chi connectivity index (χ2n) is 6.76. The molecule has 2 heterocycles. The number of nitrogens with zero attached hydrogens (tertiary/aromatic N) is 2. The summed E-state index contributed by atoms with van der Waals surface area (Å²) in [5.74, 6) is -0.596. The molecule has 1 fully saturated rings. The SMILES string of the molecule is C[C@H]1CC[C@H](C(N)=O)CN1C(=O)c1cnc(C(C)(C)C)s1. The van der Waals surface area contributed by atoms with Gasteiger partial charge in [-0.2, -0.15) is 0 Å². The molecule has 0 saturated carbocycles. The van der Waals surface area contributed by atoms with E-state index in [4.69, 9.17) is 5.73 Å². The van der Waals surface area contributed by atoms with Crippen molar-refractivity contribution in [2.24, 2.45) is 11.7 Å². The second kappa shape index (κ2) is 5.75. The van der Waals surface area contributed by atoms with Crippen LogP contribution in [-0.2, 0) is 10.2 Å². The number of carbonyl (C=O) groups is 2. The Kier molecular flexibility index (Phi) is 4.37. The predicted molar refractivity (Wildman–Crippen MR) is 83.2 cm³/mol. The molecule has 0 aromatic carbocycles. The van der Waals surface area contributed by atoms with Crippen LogP contribution in [0.1, 0.15) is 55.2 Å². The van der Waals surface area contributed by atoms with Gasteiger partial charge in [0.25, 0.3) is 5.91 Å². The molecule has 1 aliphatic heterocycles. The minimum absolute atomic E-state index is 0.0403. The maximum atomic E-state index is 12.7. The van der Waals surface area contributed by atoms with Gasteiger partial charge in [-0.05, 0) is 19.8 Å². The quantitative estimate of drug-likeness (QED) is 0.909. The number of thiazole rings is 1. The molecule has 2 amide bonds. The summed E-state index contributed by atoms with van der Waals surface area (Å²) in [6.07, 6.45) is 3.22. The van der Waals surface area contributed by atoms with Gasteiger partial charge in [0, 0.05) is 18.0 Å². The summed E-state index contributed by atoms with van der Waals surface area (Å²) < 4.78 is 0. The smallest absolute Gasteiger partial charge is 0.265 e. The van der Waals surface area contributed by atoms with Crippen molar-refractivity contribution in [2.45, 2.75) is 52.0 Å². The summed E-state index contributed by atoms with van der Waals surface area (Å²) in [5.41, 5.74) is 5.33. The van der Waals surface area contributed by atoms with Gasteiger partial charge >= 0.3 is 0 Å². The average Bonchev–Trinajstić information content (AvgIpc) is 2.87. The Balaban J connectivity index is 2.18. The molecule has 2 N–H and O–H groups in total. The van der Waals surface area contributed by atoms with Crippen LogP contribution in [0.25, 0.3) is 0 Å². The average molecular weight is 309 g/mol. The van der Waals surface area contributed by atoms with Gasteiger partial charge in [-0.3, -0.25) is 9.59 Å². The van der Waals surface area contributed by atoms with Gasteiger partial charge < -0.3 is 10.6 Å². The van der Waals surface area contributed by atoms with Crippen LogP contribution in [0.2, 0.25) is 0 Å². The molecule has 2 rings (SSSR count). The first-order valence-corrected chi connectivity index (χ1v) is 8.08. The summed E-state index contributed by atoms with van der Waals surface area (Å²) in [6.45, 7) is 8.66. The van der Waals surface area contributed by atoms with E-state index in [1.54, 1.807) is 11.1 Å². The van der Waals surface area contributed by atoms with E-state index < -0.39 is 0 Å². The first kappa shape index (κ1) is 15.9. The van der Waals surface area contributed by atoms with E-state index in [-0.39, 0.29) is 29.2 Å². The van der Waals surface area contributed by atoms with Crippen LogP contribution < -0.4 is 5.73 Å². The van der Waals surface area contributed by atoms with E-state index in [0.29, 0.717) is 11.4 Å². The molecule has 116 valence electrons. The van der Waals surface area contributed by atoms with E-state index in [1.165, 1.54) is 11.3 Å². The third-order valence-corrected chi connectivity index (χ3v) is 5.31. The topological polar surface area (TPSA) is 76.3 Å². The molecule has 0 spiro atoms. The van der Waals surface area contributed by atoms with Crippen LogP contribution in [0.3, 0.4) is 0 Å². The lowest BCUT2D eigenvalue weighted by Gasteiger charge is -2.36. The summed E-state index contributed by atoms with van der Waals surface area (Å²) in [6, 6.07) is 0.133. The van der Waals surface area contributed by atoms with Gasteiger partial charge in [-0.1, -0.05) is 20.8 Å². The van der Waals surface area contributed by atoms with Gasteiger partial charge in [0.05, 0.1) is 17.1 Å². The van der Waals surface area contributed by atoms with Crippen LogP contribution in [0.4, 0.5) is 0 Å². The molecule has 0 radical (unpaired) electrons. The lowest BCUT2D eigenvalue weighted by molar-refractivity contribution is -0.123. The molecule has 1 aromatic rings. The zero-order valence-electron chi connectivity index (χ0n) is 13.0. The number of likely N-dealkylation sites (tertiary alicyclic amines) is 1. The van der Waals surface area contributed by atoms with Gasteiger partial charge in [0.2, 0.25) is 5.91 Å². The van der Waals surface area contributed by atoms with E-state index in [1.807, 2.05) is 6.92 Å². The van der Waals surface area contributed by atoms with Crippen molar-refractivity contribution in [3.05, 3.63) is 16.1 Å². The summed E-state index contributed by atoms with van der Waals surface area (Å²) in [5, 5.41) is 0.946. The molecule has 5 nitrogen and oxygen atoms in total. The van der Waals surface area contributed by atoms with E-state index in [9.17, 15) is 9.59 Å². The number of aromatic nitrogens is 1. The van der Waals surface area contributed by atoms with Crippen LogP contribution in [0, 0.1) is 5.92 Å². The number of primary amides is 1. The fraction of sp³-hybridized carbons (Fsp3) is 0.667. The summed E-state index contributed by atoms with van der Waals surface area (Å²) >= 11 is 1.43. The number of carbonyl (C=O) groups excluding carboxylic acids is 2. The highest BCUT2D eigenvalue weighted by atomic mass is 32.1. The minimum atomic E-state index is -0.320. The van der Waals surface area contributed by atoms with Gasteiger partial charge in [-0.25, -0.2) is 4.98 Å². The summed E-state index contributed by atoms with van der Waals surface area (Å²) in [4.78, 5) is 30.8. The van der Waals surface area contributed by atoms with Crippen molar-refractivity contribution in [1.29, 1.82) is 0 Å². The fourth-order valence-corrected chi connectivity index (χ4v) is 3.41.